The molecule has 1 amide bonds. The van der Waals surface area contributed by atoms with E-state index in [0.717, 1.165) is 12.0 Å². The van der Waals surface area contributed by atoms with Crippen molar-refractivity contribution in [2.24, 2.45) is 0 Å². The molecule has 0 bridgehead atoms. The lowest BCUT2D eigenvalue weighted by Crippen LogP contribution is -2.51. The standard InChI is InChI=1S/C15H19NO3/c1-10-8-13-14(19-13)11(2)16(10)15(17)18-9-12-6-4-3-5-7-12/h3-7,10-11,13-14H,8-9H2,1-2H3. The number of amides is 1. The van der Waals surface area contributed by atoms with Crippen LogP contribution < -0.4 is 0 Å². The van der Waals surface area contributed by atoms with Crippen molar-refractivity contribution < 1.29 is 14.3 Å². The molecule has 1 aromatic rings. The van der Waals surface area contributed by atoms with Crippen LogP contribution in [0.3, 0.4) is 0 Å². The van der Waals surface area contributed by atoms with E-state index < -0.39 is 0 Å². The molecule has 1 aromatic carbocycles. The lowest BCUT2D eigenvalue weighted by Gasteiger charge is -2.35. The Morgan fingerprint density at radius 3 is 2.84 bits per heavy atom. The highest BCUT2D eigenvalue weighted by Gasteiger charge is 2.52. The van der Waals surface area contributed by atoms with Crippen LogP contribution in [0.5, 0.6) is 0 Å². The van der Waals surface area contributed by atoms with Crippen molar-refractivity contribution in [3.05, 3.63) is 35.9 Å². The van der Waals surface area contributed by atoms with Crippen molar-refractivity contribution in [1.29, 1.82) is 0 Å². The monoisotopic (exact) mass is 261 g/mol. The molecule has 4 nitrogen and oxygen atoms in total. The Kier molecular flexibility index (Phi) is 3.19. The molecule has 2 aliphatic heterocycles. The lowest BCUT2D eigenvalue weighted by molar-refractivity contribution is 0.0567. The molecule has 0 aliphatic carbocycles. The van der Waals surface area contributed by atoms with Gasteiger partial charge in [-0.25, -0.2) is 4.79 Å². The van der Waals surface area contributed by atoms with Gasteiger partial charge < -0.3 is 9.47 Å². The first-order valence-electron chi connectivity index (χ1n) is 6.81. The Morgan fingerprint density at radius 1 is 1.37 bits per heavy atom. The van der Waals surface area contributed by atoms with Gasteiger partial charge in [0.2, 0.25) is 0 Å². The second-order valence-corrected chi connectivity index (χ2v) is 5.41. The molecule has 2 saturated heterocycles. The van der Waals surface area contributed by atoms with E-state index in [4.69, 9.17) is 9.47 Å². The maximum atomic E-state index is 12.2. The zero-order chi connectivity index (χ0) is 13.4. The average Bonchev–Trinajstić information content (AvgIpc) is 3.17. The Balaban J connectivity index is 1.60. The molecule has 2 heterocycles. The number of fused-ring (bicyclic) bond motifs is 1. The van der Waals surface area contributed by atoms with Gasteiger partial charge in [-0.05, 0) is 25.8 Å². The molecule has 0 saturated carbocycles. The maximum absolute atomic E-state index is 12.2. The van der Waals surface area contributed by atoms with E-state index in [2.05, 4.69) is 6.92 Å². The van der Waals surface area contributed by atoms with E-state index in [0.29, 0.717) is 12.7 Å². The normalized spacial score (nSPS) is 32.6. The number of ether oxygens (including phenoxy) is 2. The molecule has 0 aromatic heterocycles. The minimum absolute atomic E-state index is 0.108. The zero-order valence-corrected chi connectivity index (χ0v) is 11.3. The Labute approximate surface area is 113 Å². The van der Waals surface area contributed by atoms with Crippen molar-refractivity contribution in [2.45, 2.75) is 51.2 Å². The van der Waals surface area contributed by atoms with Gasteiger partial charge in [0.25, 0.3) is 0 Å². The van der Waals surface area contributed by atoms with Crippen molar-refractivity contribution in [1.82, 2.24) is 4.90 Å². The summed E-state index contributed by atoms with van der Waals surface area (Å²) in [7, 11) is 0. The fourth-order valence-electron chi connectivity index (χ4n) is 2.92. The first-order valence-corrected chi connectivity index (χ1v) is 6.81. The largest absolute Gasteiger partial charge is 0.445 e. The topological polar surface area (TPSA) is 42.1 Å². The number of likely N-dealkylation sites (tertiary alicyclic amines) is 1. The number of epoxide rings is 1. The first kappa shape index (κ1) is 12.5. The molecule has 19 heavy (non-hydrogen) atoms. The predicted octanol–water partition coefficient (Wildman–Crippen LogP) is 2.57. The fourth-order valence-corrected chi connectivity index (χ4v) is 2.92. The van der Waals surface area contributed by atoms with Crippen LogP contribution in [0.1, 0.15) is 25.8 Å². The highest BCUT2D eigenvalue weighted by molar-refractivity contribution is 5.69. The number of rotatable bonds is 2. The van der Waals surface area contributed by atoms with Gasteiger partial charge >= 0.3 is 6.09 Å². The second kappa shape index (κ2) is 4.85. The molecule has 0 spiro atoms. The van der Waals surface area contributed by atoms with E-state index in [1.54, 1.807) is 0 Å². The summed E-state index contributed by atoms with van der Waals surface area (Å²) in [6.45, 7) is 4.41. The fraction of sp³-hybridized carbons (Fsp3) is 0.533. The molecule has 3 rings (SSSR count). The van der Waals surface area contributed by atoms with Gasteiger partial charge in [0.15, 0.2) is 0 Å². The van der Waals surface area contributed by atoms with Gasteiger partial charge in [0, 0.05) is 6.04 Å². The summed E-state index contributed by atoms with van der Waals surface area (Å²) in [4.78, 5) is 14.0. The van der Waals surface area contributed by atoms with Crippen LogP contribution in [-0.2, 0) is 16.1 Å². The zero-order valence-electron chi connectivity index (χ0n) is 11.3. The Hall–Kier alpha value is -1.55. The van der Waals surface area contributed by atoms with Crippen molar-refractivity contribution in [3.63, 3.8) is 0 Å². The molecule has 2 aliphatic rings. The third-order valence-electron chi connectivity index (χ3n) is 4.00. The molecular formula is C15H19NO3. The summed E-state index contributed by atoms with van der Waals surface area (Å²) in [5, 5.41) is 0. The number of piperidine rings is 1. The van der Waals surface area contributed by atoms with E-state index in [-0.39, 0.29) is 24.3 Å². The summed E-state index contributed by atoms with van der Waals surface area (Å²) in [5.41, 5.74) is 1.01. The number of hydrogen-bond acceptors (Lipinski definition) is 3. The molecule has 2 fully saturated rings. The van der Waals surface area contributed by atoms with Gasteiger partial charge in [-0.15, -0.1) is 0 Å². The number of benzene rings is 1. The summed E-state index contributed by atoms with van der Waals surface area (Å²) >= 11 is 0. The van der Waals surface area contributed by atoms with E-state index in [1.165, 1.54) is 0 Å². The van der Waals surface area contributed by atoms with Crippen LogP contribution in [0.4, 0.5) is 4.79 Å². The predicted molar refractivity (Wildman–Crippen MR) is 70.7 cm³/mol. The van der Waals surface area contributed by atoms with Crippen LogP contribution >= 0.6 is 0 Å². The van der Waals surface area contributed by atoms with Crippen LogP contribution in [0.25, 0.3) is 0 Å². The lowest BCUT2D eigenvalue weighted by atomic mass is 9.98. The highest BCUT2D eigenvalue weighted by Crippen LogP contribution is 2.38. The van der Waals surface area contributed by atoms with Crippen LogP contribution in [-0.4, -0.2) is 35.3 Å². The van der Waals surface area contributed by atoms with Gasteiger partial charge in [0.05, 0.1) is 12.1 Å². The second-order valence-electron chi connectivity index (χ2n) is 5.41. The number of nitrogens with zero attached hydrogens (tertiary/aromatic N) is 1. The van der Waals surface area contributed by atoms with Crippen LogP contribution in [0, 0.1) is 0 Å². The smallest absolute Gasteiger partial charge is 0.410 e. The summed E-state index contributed by atoms with van der Waals surface area (Å²) in [5.74, 6) is 0. The Morgan fingerprint density at radius 2 is 2.11 bits per heavy atom. The maximum Gasteiger partial charge on any atom is 0.410 e. The van der Waals surface area contributed by atoms with E-state index in [1.807, 2.05) is 42.2 Å². The molecular weight excluding hydrogens is 242 g/mol. The van der Waals surface area contributed by atoms with Crippen molar-refractivity contribution in [2.75, 3.05) is 0 Å². The Bertz CT molecular complexity index is 462. The molecule has 4 unspecified atom stereocenters. The van der Waals surface area contributed by atoms with Crippen LogP contribution in [0.15, 0.2) is 30.3 Å². The van der Waals surface area contributed by atoms with Crippen molar-refractivity contribution in [3.8, 4) is 0 Å². The quantitative estimate of drug-likeness (QED) is 0.768. The van der Waals surface area contributed by atoms with E-state index >= 15 is 0 Å². The molecule has 4 heteroatoms. The van der Waals surface area contributed by atoms with Crippen LogP contribution in [0.2, 0.25) is 0 Å². The number of hydrogen-bond donors (Lipinski definition) is 0. The molecule has 0 N–H and O–H groups in total. The van der Waals surface area contributed by atoms with Gasteiger partial charge in [0.1, 0.15) is 12.7 Å². The van der Waals surface area contributed by atoms with Crippen molar-refractivity contribution >= 4 is 6.09 Å². The summed E-state index contributed by atoms with van der Waals surface area (Å²) in [6.07, 6.45) is 1.23. The number of carbonyl (C=O) groups excluding carboxylic acids is 1. The third kappa shape index (κ3) is 2.45. The van der Waals surface area contributed by atoms with Gasteiger partial charge in [-0.2, -0.15) is 0 Å². The van der Waals surface area contributed by atoms with Gasteiger partial charge in [-0.1, -0.05) is 30.3 Å². The van der Waals surface area contributed by atoms with E-state index in [9.17, 15) is 4.79 Å². The van der Waals surface area contributed by atoms with Gasteiger partial charge in [-0.3, -0.25) is 4.90 Å². The summed E-state index contributed by atoms with van der Waals surface area (Å²) in [6, 6.07) is 10.0. The molecule has 102 valence electrons. The molecule has 0 radical (unpaired) electrons. The minimum atomic E-state index is -0.238. The number of carbonyl (C=O) groups is 1. The summed E-state index contributed by atoms with van der Waals surface area (Å²) < 4.78 is 11.0. The highest BCUT2D eigenvalue weighted by atomic mass is 16.6. The average molecular weight is 261 g/mol. The first-order chi connectivity index (χ1) is 9.16. The molecule has 4 atom stereocenters. The third-order valence-corrected chi connectivity index (χ3v) is 4.00. The SMILES string of the molecule is CC1CC2OC2C(C)N1C(=O)OCc1ccccc1. The minimum Gasteiger partial charge on any atom is -0.445 e.